The number of carboxylic acids is 1. The first-order valence-electron chi connectivity index (χ1n) is 7.10. The fourth-order valence-electron chi connectivity index (χ4n) is 3.40. The van der Waals surface area contributed by atoms with E-state index in [1.54, 1.807) is 0 Å². The van der Waals surface area contributed by atoms with E-state index < -0.39 is 21.8 Å². The molecule has 1 aromatic rings. The van der Waals surface area contributed by atoms with Crippen LogP contribution in [0.15, 0.2) is 16.3 Å². The van der Waals surface area contributed by atoms with Crippen LogP contribution in [-0.4, -0.2) is 48.1 Å². The Balaban J connectivity index is 1.95. The van der Waals surface area contributed by atoms with E-state index in [9.17, 15) is 23.1 Å². The van der Waals surface area contributed by atoms with Crippen molar-refractivity contribution in [3.8, 4) is 0 Å². The first-order valence-corrected chi connectivity index (χ1v) is 9.87. The molecule has 8 heteroatoms. The van der Waals surface area contributed by atoms with E-state index >= 15 is 0 Å². The second-order valence-electron chi connectivity index (χ2n) is 6.06. The molecule has 3 rings (SSSR count). The van der Waals surface area contributed by atoms with Gasteiger partial charge < -0.3 is 10.0 Å². The molecule has 1 aromatic heterocycles. The van der Waals surface area contributed by atoms with E-state index in [-0.39, 0.29) is 16.3 Å². The van der Waals surface area contributed by atoms with Gasteiger partial charge in [0.2, 0.25) is 0 Å². The molecule has 0 bridgehead atoms. The molecule has 6 nitrogen and oxygen atoms in total. The Bertz CT molecular complexity index is 732. The summed E-state index contributed by atoms with van der Waals surface area (Å²) in [6, 6.07) is 0.544. The van der Waals surface area contributed by atoms with Crippen LogP contribution in [0.5, 0.6) is 0 Å². The van der Waals surface area contributed by atoms with Crippen LogP contribution >= 0.6 is 11.3 Å². The summed E-state index contributed by atoms with van der Waals surface area (Å²) >= 11 is 1.06. The molecule has 1 spiro atoms. The fraction of sp³-hybridized carbons (Fsp3) is 0.571. The number of amides is 1. The summed E-state index contributed by atoms with van der Waals surface area (Å²) in [6.45, 7) is 0. The van der Waals surface area contributed by atoms with Crippen LogP contribution in [0.25, 0.3) is 0 Å². The van der Waals surface area contributed by atoms with Crippen LogP contribution in [0.1, 0.15) is 41.8 Å². The number of carboxylic acid groups (broad SMARTS) is 1. The summed E-state index contributed by atoms with van der Waals surface area (Å²) in [4.78, 5) is 26.1. The van der Waals surface area contributed by atoms with Crippen molar-refractivity contribution in [3.63, 3.8) is 0 Å². The van der Waals surface area contributed by atoms with E-state index in [1.165, 1.54) is 16.3 Å². The lowest BCUT2D eigenvalue weighted by atomic mass is 9.75. The Morgan fingerprint density at radius 3 is 2.50 bits per heavy atom. The third-order valence-corrected chi connectivity index (χ3v) is 6.87. The highest BCUT2D eigenvalue weighted by Crippen LogP contribution is 2.48. The minimum atomic E-state index is -3.37. The second kappa shape index (κ2) is 5.06. The molecule has 1 aliphatic carbocycles. The summed E-state index contributed by atoms with van der Waals surface area (Å²) in [7, 11) is -3.37. The number of rotatable bonds is 3. The van der Waals surface area contributed by atoms with E-state index in [0.29, 0.717) is 17.7 Å². The van der Waals surface area contributed by atoms with E-state index in [4.69, 9.17) is 0 Å². The molecule has 1 N–H and O–H groups in total. The van der Waals surface area contributed by atoms with Gasteiger partial charge in [0.05, 0.1) is 9.77 Å². The van der Waals surface area contributed by atoms with Crippen LogP contribution in [0.2, 0.25) is 0 Å². The Hall–Kier alpha value is -1.41. The second-order valence-corrected chi connectivity index (χ2v) is 8.99. The predicted octanol–water partition coefficient (Wildman–Crippen LogP) is 1.76. The number of hydrogen-bond donors (Lipinski definition) is 1. The average molecular weight is 343 g/mol. The van der Waals surface area contributed by atoms with Gasteiger partial charge in [-0.1, -0.05) is 0 Å². The van der Waals surface area contributed by atoms with Crippen LogP contribution < -0.4 is 0 Å². The summed E-state index contributed by atoms with van der Waals surface area (Å²) < 4.78 is 23.1. The van der Waals surface area contributed by atoms with Crippen molar-refractivity contribution < 1.29 is 23.1 Å². The molecule has 22 heavy (non-hydrogen) atoms. The van der Waals surface area contributed by atoms with Crippen molar-refractivity contribution in [2.24, 2.45) is 0 Å². The number of hydrogen-bond acceptors (Lipinski definition) is 5. The molecule has 1 atom stereocenters. The highest BCUT2D eigenvalue weighted by molar-refractivity contribution is 7.90. The molecule has 1 unspecified atom stereocenters. The molecular weight excluding hydrogens is 326 g/mol. The van der Waals surface area contributed by atoms with Crippen molar-refractivity contribution in [1.82, 2.24) is 4.90 Å². The van der Waals surface area contributed by atoms with Crippen molar-refractivity contribution in [2.45, 2.75) is 48.6 Å². The van der Waals surface area contributed by atoms with Crippen LogP contribution in [0.4, 0.5) is 0 Å². The molecular formula is C14H17NO5S2. The zero-order valence-electron chi connectivity index (χ0n) is 12.1. The van der Waals surface area contributed by atoms with Crippen molar-refractivity contribution in [3.05, 3.63) is 16.3 Å². The van der Waals surface area contributed by atoms with Gasteiger partial charge in [-0.3, -0.25) is 4.79 Å². The largest absolute Gasteiger partial charge is 0.480 e. The molecule has 1 aliphatic heterocycles. The van der Waals surface area contributed by atoms with Crippen LogP contribution in [-0.2, 0) is 14.6 Å². The van der Waals surface area contributed by atoms with Gasteiger partial charge in [-0.25, -0.2) is 13.2 Å². The zero-order valence-corrected chi connectivity index (χ0v) is 13.7. The highest BCUT2D eigenvalue weighted by Gasteiger charge is 2.54. The number of likely N-dealkylation sites (tertiary alicyclic amines) is 1. The first kappa shape index (κ1) is 15.5. The molecule has 2 heterocycles. The lowest BCUT2D eigenvalue weighted by Gasteiger charge is -2.46. The van der Waals surface area contributed by atoms with Crippen LogP contribution in [0, 0.1) is 0 Å². The van der Waals surface area contributed by atoms with Crippen molar-refractivity contribution >= 4 is 33.1 Å². The summed E-state index contributed by atoms with van der Waals surface area (Å²) in [6.07, 6.45) is 4.91. The first-order chi connectivity index (χ1) is 10.2. The minimum Gasteiger partial charge on any atom is -0.480 e. The average Bonchev–Trinajstić information content (AvgIpc) is 3.01. The lowest BCUT2D eigenvalue weighted by molar-refractivity contribution is -0.143. The van der Waals surface area contributed by atoms with Gasteiger partial charge in [-0.2, -0.15) is 0 Å². The normalized spacial score (nSPS) is 23.5. The van der Waals surface area contributed by atoms with Crippen LogP contribution in [0.3, 0.4) is 0 Å². The van der Waals surface area contributed by atoms with E-state index in [1.807, 2.05) is 0 Å². The maximum absolute atomic E-state index is 12.8. The van der Waals surface area contributed by atoms with Gasteiger partial charge in [0, 0.05) is 17.2 Å². The molecule has 2 fully saturated rings. The topological polar surface area (TPSA) is 91.8 Å². The number of thiophene rings is 1. The van der Waals surface area contributed by atoms with Gasteiger partial charge in [-0.05, 0) is 38.2 Å². The quantitative estimate of drug-likeness (QED) is 0.903. The van der Waals surface area contributed by atoms with Gasteiger partial charge >= 0.3 is 5.97 Å². The third kappa shape index (κ3) is 2.34. The fourth-order valence-corrected chi connectivity index (χ4v) is 5.35. The van der Waals surface area contributed by atoms with Gasteiger partial charge in [0.1, 0.15) is 6.04 Å². The Morgan fingerprint density at radius 1 is 1.36 bits per heavy atom. The van der Waals surface area contributed by atoms with Gasteiger partial charge in [0.25, 0.3) is 5.91 Å². The molecule has 1 saturated heterocycles. The zero-order chi connectivity index (χ0) is 16.1. The number of carbonyl (C=O) groups is 2. The molecule has 1 amide bonds. The Kier molecular flexibility index (Phi) is 3.56. The Labute approximate surface area is 132 Å². The molecule has 0 aromatic carbocycles. The standard InChI is InChI=1S/C14H17NO5S2/c1-22(19,20)9-7-11(21-8-9)12(16)15-10(13(17)18)3-6-14(15)4-2-5-14/h7-8,10H,2-6H2,1H3,(H,17,18). The van der Waals surface area contributed by atoms with Crippen molar-refractivity contribution in [2.75, 3.05) is 6.26 Å². The highest BCUT2D eigenvalue weighted by atomic mass is 32.2. The number of carbonyl (C=O) groups excluding carboxylic acids is 1. The monoisotopic (exact) mass is 343 g/mol. The van der Waals surface area contributed by atoms with Crippen molar-refractivity contribution in [1.29, 1.82) is 0 Å². The lowest BCUT2D eigenvalue weighted by Crippen LogP contribution is -2.56. The van der Waals surface area contributed by atoms with Gasteiger partial charge in [-0.15, -0.1) is 11.3 Å². The molecule has 1 saturated carbocycles. The summed E-state index contributed by atoms with van der Waals surface area (Å²) in [5.74, 6) is -1.35. The molecule has 120 valence electrons. The smallest absolute Gasteiger partial charge is 0.326 e. The maximum atomic E-state index is 12.8. The Morgan fingerprint density at radius 2 is 2.05 bits per heavy atom. The maximum Gasteiger partial charge on any atom is 0.326 e. The molecule has 2 aliphatic rings. The predicted molar refractivity (Wildman–Crippen MR) is 80.8 cm³/mol. The van der Waals surface area contributed by atoms with E-state index in [2.05, 4.69) is 0 Å². The number of nitrogens with zero attached hydrogens (tertiary/aromatic N) is 1. The number of sulfone groups is 1. The molecule has 0 radical (unpaired) electrons. The van der Waals surface area contributed by atoms with E-state index in [0.717, 1.165) is 36.9 Å². The SMILES string of the molecule is CS(=O)(=O)c1csc(C(=O)N2C(C(=O)O)CCC23CCC3)c1. The van der Waals surface area contributed by atoms with Gasteiger partial charge in [0.15, 0.2) is 9.84 Å². The number of aliphatic carboxylic acids is 1. The minimum absolute atomic E-state index is 0.106. The third-order valence-electron chi connectivity index (χ3n) is 4.71. The summed E-state index contributed by atoms with van der Waals surface area (Å²) in [5, 5.41) is 10.8. The summed E-state index contributed by atoms with van der Waals surface area (Å²) in [5.41, 5.74) is -0.338.